The van der Waals surface area contributed by atoms with Crippen LogP contribution in [0.4, 0.5) is 0 Å². The standard InChI is InChI=1S/C23H24N2OS/c1-17(19-11-12-19)25(15-18-7-3-2-4-8-18)23(26)16-27-22-13-14-24-21-10-6-5-9-20(21)22/h2-10,13-14,17,19H,11-12,15-16H2,1H3. The van der Waals surface area contributed by atoms with Gasteiger partial charge in [0.05, 0.1) is 11.3 Å². The van der Waals surface area contributed by atoms with Crippen LogP contribution < -0.4 is 0 Å². The monoisotopic (exact) mass is 376 g/mol. The first kappa shape index (κ1) is 18.1. The van der Waals surface area contributed by atoms with Gasteiger partial charge < -0.3 is 4.90 Å². The quantitative estimate of drug-likeness (QED) is 0.534. The summed E-state index contributed by atoms with van der Waals surface area (Å²) in [7, 11) is 0. The summed E-state index contributed by atoms with van der Waals surface area (Å²) >= 11 is 1.62. The summed E-state index contributed by atoms with van der Waals surface area (Å²) in [6.45, 7) is 2.89. The number of rotatable bonds is 7. The van der Waals surface area contributed by atoms with Gasteiger partial charge in [-0.1, -0.05) is 48.5 Å². The van der Waals surface area contributed by atoms with E-state index in [2.05, 4.69) is 35.0 Å². The molecule has 1 aromatic heterocycles. The third-order valence-corrected chi connectivity index (χ3v) is 6.33. The zero-order valence-electron chi connectivity index (χ0n) is 15.5. The maximum Gasteiger partial charge on any atom is 0.233 e. The zero-order chi connectivity index (χ0) is 18.6. The van der Waals surface area contributed by atoms with Crippen LogP contribution in [0.1, 0.15) is 25.3 Å². The molecule has 1 amide bonds. The van der Waals surface area contributed by atoms with Crippen molar-refractivity contribution in [2.24, 2.45) is 5.92 Å². The molecule has 3 nitrogen and oxygen atoms in total. The summed E-state index contributed by atoms with van der Waals surface area (Å²) in [5.74, 6) is 1.33. The highest BCUT2D eigenvalue weighted by atomic mass is 32.2. The van der Waals surface area contributed by atoms with Gasteiger partial charge in [0.15, 0.2) is 0 Å². The third-order valence-electron chi connectivity index (χ3n) is 5.27. The van der Waals surface area contributed by atoms with Crippen LogP contribution in [-0.2, 0) is 11.3 Å². The molecule has 0 bridgehead atoms. The lowest BCUT2D eigenvalue weighted by Gasteiger charge is -2.29. The molecular weight excluding hydrogens is 352 g/mol. The first-order valence-electron chi connectivity index (χ1n) is 9.52. The van der Waals surface area contributed by atoms with Crippen LogP contribution >= 0.6 is 11.8 Å². The highest BCUT2D eigenvalue weighted by Crippen LogP contribution is 2.36. The van der Waals surface area contributed by atoms with Gasteiger partial charge in [-0.3, -0.25) is 9.78 Å². The van der Waals surface area contributed by atoms with Crippen LogP contribution in [0.2, 0.25) is 0 Å². The van der Waals surface area contributed by atoms with Crippen molar-refractivity contribution >= 4 is 28.6 Å². The number of aromatic nitrogens is 1. The largest absolute Gasteiger partial charge is 0.335 e. The number of pyridine rings is 1. The first-order valence-corrected chi connectivity index (χ1v) is 10.5. The Bertz CT molecular complexity index is 919. The molecule has 1 atom stereocenters. The maximum absolute atomic E-state index is 13.1. The minimum Gasteiger partial charge on any atom is -0.335 e. The Morgan fingerprint density at radius 2 is 1.85 bits per heavy atom. The molecule has 4 heteroatoms. The van der Waals surface area contributed by atoms with Crippen LogP contribution in [0.25, 0.3) is 10.9 Å². The molecule has 0 aliphatic heterocycles. The predicted octanol–water partition coefficient (Wildman–Crippen LogP) is 5.15. The molecule has 27 heavy (non-hydrogen) atoms. The first-order chi connectivity index (χ1) is 13.2. The fourth-order valence-corrected chi connectivity index (χ4v) is 4.42. The highest BCUT2D eigenvalue weighted by Gasteiger charge is 2.34. The van der Waals surface area contributed by atoms with Crippen LogP contribution in [0.5, 0.6) is 0 Å². The summed E-state index contributed by atoms with van der Waals surface area (Å²) < 4.78 is 0. The van der Waals surface area contributed by atoms with Crippen LogP contribution in [0.3, 0.4) is 0 Å². The van der Waals surface area contributed by atoms with Crippen molar-refractivity contribution in [3.63, 3.8) is 0 Å². The lowest BCUT2D eigenvalue weighted by molar-refractivity contribution is -0.131. The summed E-state index contributed by atoms with van der Waals surface area (Å²) in [5.41, 5.74) is 2.17. The molecule has 0 N–H and O–H groups in total. The minimum absolute atomic E-state index is 0.212. The number of amides is 1. The Kier molecular flexibility index (Phi) is 5.44. The molecule has 4 rings (SSSR count). The molecule has 0 spiro atoms. The summed E-state index contributed by atoms with van der Waals surface area (Å²) in [4.78, 5) is 20.7. The molecule has 1 fully saturated rings. The number of thioether (sulfide) groups is 1. The van der Waals surface area contributed by atoms with E-state index in [1.807, 2.05) is 48.7 Å². The van der Waals surface area contributed by atoms with Gasteiger partial charge in [-0.25, -0.2) is 0 Å². The number of nitrogens with zero attached hydrogens (tertiary/aromatic N) is 2. The fourth-order valence-electron chi connectivity index (χ4n) is 3.49. The second-order valence-electron chi connectivity index (χ2n) is 7.20. The van der Waals surface area contributed by atoms with E-state index in [1.54, 1.807) is 11.8 Å². The van der Waals surface area contributed by atoms with E-state index in [1.165, 1.54) is 18.4 Å². The van der Waals surface area contributed by atoms with Crippen LogP contribution in [0, 0.1) is 5.92 Å². The molecule has 1 aliphatic carbocycles. The van der Waals surface area contributed by atoms with Gasteiger partial charge in [0.25, 0.3) is 0 Å². The van der Waals surface area contributed by atoms with Crippen molar-refractivity contribution in [3.8, 4) is 0 Å². The van der Waals surface area contributed by atoms with E-state index < -0.39 is 0 Å². The van der Waals surface area contributed by atoms with E-state index in [9.17, 15) is 4.79 Å². The van der Waals surface area contributed by atoms with E-state index in [0.717, 1.165) is 15.8 Å². The van der Waals surface area contributed by atoms with Crippen LogP contribution in [0.15, 0.2) is 71.8 Å². The average molecular weight is 377 g/mol. The van der Waals surface area contributed by atoms with Crippen molar-refractivity contribution in [1.29, 1.82) is 0 Å². The number of carbonyl (C=O) groups is 1. The summed E-state index contributed by atoms with van der Waals surface area (Å²) in [6.07, 6.45) is 4.30. The third kappa shape index (κ3) is 4.33. The van der Waals surface area contributed by atoms with Crippen LogP contribution in [-0.4, -0.2) is 27.6 Å². The molecule has 2 aromatic carbocycles. The van der Waals surface area contributed by atoms with Crippen molar-refractivity contribution in [2.45, 2.75) is 37.2 Å². The van der Waals surface area contributed by atoms with Gasteiger partial charge in [0.2, 0.25) is 5.91 Å². The van der Waals surface area contributed by atoms with E-state index in [-0.39, 0.29) is 5.91 Å². The Morgan fingerprint density at radius 1 is 1.11 bits per heavy atom. The van der Waals surface area contributed by atoms with E-state index >= 15 is 0 Å². The molecule has 3 aromatic rings. The molecule has 1 aliphatic rings. The Morgan fingerprint density at radius 3 is 2.63 bits per heavy atom. The van der Waals surface area contributed by atoms with Gasteiger partial charge >= 0.3 is 0 Å². The van der Waals surface area contributed by atoms with Gasteiger partial charge in [-0.15, -0.1) is 11.8 Å². The maximum atomic E-state index is 13.1. The normalized spacial score (nSPS) is 14.9. The zero-order valence-corrected chi connectivity index (χ0v) is 16.4. The lowest BCUT2D eigenvalue weighted by atomic mass is 10.1. The summed E-state index contributed by atoms with van der Waals surface area (Å²) in [5, 5.41) is 1.11. The Labute approximate surface area is 164 Å². The van der Waals surface area contributed by atoms with Crippen molar-refractivity contribution in [2.75, 3.05) is 5.75 Å². The summed E-state index contributed by atoms with van der Waals surface area (Å²) in [6, 6.07) is 20.7. The molecule has 0 saturated heterocycles. The fraction of sp³-hybridized carbons (Fsp3) is 0.304. The van der Waals surface area contributed by atoms with Gasteiger partial charge in [-0.05, 0) is 43.4 Å². The molecule has 138 valence electrons. The molecule has 1 saturated carbocycles. The topological polar surface area (TPSA) is 33.2 Å². The highest BCUT2D eigenvalue weighted by molar-refractivity contribution is 8.00. The Hall–Kier alpha value is -2.33. The number of hydrogen-bond acceptors (Lipinski definition) is 3. The number of para-hydroxylation sites is 1. The number of carbonyl (C=O) groups excluding carboxylic acids is 1. The Balaban J connectivity index is 1.49. The van der Waals surface area contributed by atoms with Gasteiger partial charge in [0.1, 0.15) is 0 Å². The minimum atomic E-state index is 0.212. The second-order valence-corrected chi connectivity index (χ2v) is 8.22. The van der Waals surface area contributed by atoms with Gasteiger partial charge in [-0.2, -0.15) is 0 Å². The van der Waals surface area contributed by atoms with E-state index in [4.69, 9.17) is 0 Å². The van der Waals surface area contributed by atoms with Crippen molar-refractivity contribution in [3.05, 3.63) is 72.4 Å². The molecule has 1 heterocycles. The van der Waals surface area contributed by atoms with Crippen molar-refractivity contribution < 1.29 is 4.79 Å². The average Bonchev–Trinajstić information content (AvgIpc) is 3.56. The molecular formula is C23H24N2OS. The number of fused-ring (bicyclic) bond motifs is 1. The second kappa shape index (κ2) is 8.13. The van der Waals surface area contributed by atoms with Gasteiger partial charge in [0, 0.05) is 29.1 Å². The lowest BCUT2D eigenvalue weighted by Crippen LogP contribution is -2.40. The SMILES string of the molecule is CC(C1CC1)N(Cc1ccccc1)C(=O)CSc1ccnc2ccccc12. The number of benzene rings is 2. The number of hydrogen-bond donors (Lipinski definition) is 0. The molecule has 1 unspecified atom stereocenters. The van der Waals surface area contributed by atoms with E-state index in [0.29, 0.717) is 24.3 Å². The molecule has 0 radical (unpaired) electrons. The van der Waals surface area contributed by atoms with Crippen molar-refractivity contribution in [1.82, 2.24) is 9.88 Å². The smallest absolute Gasteiger partial charge is 0.233 e. The predicted molar refractivity (Wildman–Crippen MR) is 112 cm³/mol.